The quantitative estimate of drug-likeness (QED) is 0.459. The Hall–Kier alpha value is -2.03. The van der Waals surface area contributed by atoms with Gasteiger partial charge in [0.05, 0.1) is 20.6 Å². The number of ketones is 1. The molecule has 10 heteroatoms. The van der Waals surface area contributed by atoms with Crippen molar-refractivity contribution in [1.29, 1.82) is 0 Å². The molecule has 0 N–H and O–H groups in total. The van der Waals surface area contributed by atoms with E-state index >= 15 is 0 Å². The van der Waals surface area contributed by atoms with Crippen molar-refractivity contribution in [2.24, 2.45) is 4.40 Å². The fourth-order valence-corrected chi connectivity index (χ4v) is 3.23. The van der Waals surface area contributed by atoms with E-state index in [1.165, 1.54) is 19.1 Å². The third-order valence-electron chi connectivity index (χ3n) is 2.87. The molecule has 2 rings (SSSR count). The van der Waals surface area contributed by atoms with Gasteiger partial charge in [0.2, 0.25) is 5.78 Å². The van der Waals surface area contributed by atoms with Crippen LogP contribution < -0.4 is 0 Å². The van der Waals surface area contributed by atoms with Gasteiger partial charge >= 0.3 is 0 Å². The lowest BCUT2D eigenvalue weighted by atomic mass is 10.0. The first-order valence-corrected chi connectivity index (χ1v) is 8.21. The van der Waals surface area contributed by atoms with Crippen molar-refractivity contribution in [3.8, 4) is 0 Å². The summed E-state index contributed by atoms with van der Waals surface area (Å²) in [4.78, 5) is 21.2. The molecule has 1 aliphatic carbocycles. The van der Waals surface area contributed by atoms with Crippen molar-refractivity contribution in [1.82, 2.24) is 0 Å². The Morgan fingerprint density at radius 2 is 1.87 bits per heavy atom. The Morgan fingerprint density at radius 3 is 2.48 bits per heavy atom. The number of Topliss-reactive ketones (excluding diaryl/α,β-unsaturated/α-hetero) is 1. The Bertz CT molecular complexity index is 916. The highest BCUT2D eigenvalue weighted by Gasteiger charge is 2.25. The molecule has 1 aromatic carbocycles. The molecule has 0 radical (unpaired) electrons. The molecule has 0 heterocycles. The Morgan fingerprint density at radius 1 is 1.22 bits per heavy atom. The van der Waals surface area contributed by atoms with Gasteiger partial charge in [0.15, 0.2) is 0 Å². The predicted molar refractivity (Wildman–Crippen MR) is 85.2 cm³/mol. The summed E-state index contributed by atoms with van der Waals surface area (Å²) in [5.74, 6) is -0.525. The van der Waals surface area contributed by atoms with Gasteiger partial charge in [-0.25, -0.2) is 0 Å². The number of hydrogen-bond donors (Lipinski definition) is 0. The monoisotopic (exact) mass is 374 g/mol. The lowest BCUT2D eigenvalue weighted by Crippen LogP contribution is -2.14. The Labute approximate surface area is 141 Å². The van der Waals surface area contributed by atoms with Gasteiger partial charge in [-0.05, 0) is 19.1 Å². The number of nitrogens with zero attached hydrogens (tertiary/aromatic N) is 2. The predicted octanol–water partition coefficient (Wildman–Crippen LogP) is 2.94. The highest BCUT2D eigenvalue weighted by Crippen LogP contribution is 2.27. The van der Waals surface area contributed by atoms with Gasteiger partial charge in [-0.3, -0.25) is 14.9 Å². The van der Waals surface area contributed by atoms with Crippen LogP contribution in [0.1, 0.15) is 6.92 Å². The zero-order chi connectivity index (χ0) is 17.4. The van der Waals surface area contributed by atoms with Crippen LogP contribution in [0.3, 0.4) is 0 Å². The van der Waals surface area contributed by atoms with Gasteiger partial charge in [-0.1, -0.05) is 29.3 Å². The molecule has 1 aliphatic rings. The SMILES string of the molecule is CC1=C/C(=N\S(=O)(=O)c2cccc([N+](=O)[O-])c2)C(Cl)=C(Cl)C1=O. The van der Waals surface area contributed by atoms with Crippen molar-refractivity contribution >= 4 is 50.4 Å². The van der Waals surface area contributed by atoms with Gasteiger partial charge in [0.1, 0.15) is 5.03 Å². The van der Waals surface area contributed by atoms with E-state index < -0.39 is 26.4 Å². The van der Waals surface area contributed by atoms with E-state index in [0.29, 0.717) is 0 Å². The number of benzene rings is 1. The first-order chi connectivity index (χ1) is 10.6. The first kappa shape index (κ1) is 17.3. The molecule has 23 heavy (non-hydrogen) atoms. The van der Waals surface area contributed by atoms with Crippen molar-refractivity contribution in [3.05, 3.63) is 56.1 Å². The summed E-state index contributed by atoms with van der Waals surface area (Å²) < 4.78 is 28.1. The van der Waals surface area contributed by atoms with E-state index in [9.17, 15) is 23.3 Å². The molecule has 0 aliphatic heterocycles. The van der Waals surface area contributed by atoms with E-state index in [-0.39, 0.29) is 26.2 Å². The zero-order valence-corrected chi connectivity index (χ0v) is 13.8. The number of sulfonamides is 1. The summed E-state index contributed by atoms with van der Waals surface area (Å²) in [6.45, 7) is 1.43. The molecule has 0 bridgehead atoms. The lowest BCUT2D eigenvalue weighted by molar-refractivity contribution is -0.385. The van der Waals surface area contributed by atoms with Crippen LogP contribution in [0.25, 0.3) is 0 Å². The van der Waals surface area contributed by atoms with Crippen LogP contribution in [0.5, 0.6) is 0 Å². The highest BCUT2D eigenvalue weighted by molar-refractivity contribution is 7.90. The smallest absolute Gasteiger partial charge is 0.283 e. The number of hydrogen-bond acceptors (Lipinski definition) is 5. The Balaban J connectivity index is 2.55. The summed E-state index contributed by atoms with van der Waals surface area (Å²) in [5.41, 5.74) is -0.427. The standard InChI is InChI=1S/C13H8Cl2N2O5S/c1-7-5-10(11(14)12(15)13(7)18)16-23(21,22)9-4-2-3-8(6-9)17(19)20/h2-6H,1H3/b16-10+. The molecule has 0 aromatic heterocycles. The normalized spacial score (nSPS) is 17.4. The van der Waals surface area contributed by atoms with E-state index in [2.05, 4.69) is 4.40 Å². The molecular weight excluding hydrogens is 367 g/mol. The number of nitro groups is 1. The number of allylic oxidation sites excluding steroid dienone is 4. The van der Waals surface area contributed by atoms with Crippen LogP contribution in [-0.2, 0) is 14.8 Å². The third-order valence-corrected chi connectivity index (χ3v) is 5.00. The maximum Gasteiger partial charge on any atom is 0.283 e. The lowest BCUT2D eigenvalue weighted by Gasteiger charge is -2.11. The van der Waals surface area contributed by atoms with Crippen LogP contribution in [0, 0.1) is 10.1 Å². The van der Waals surface area contributed by atoms with E-state index in [1.807, 2.05) is 0 Å². The van der Waals surface area contributed by atoms with Crippen LogP contribution in [0.2, 0.25) is 0 Å². The number of carbonyl (C=O) groups is 1. The minimum absolute atomic E-state index is 0.174. The fourth-order valence-electron chi connectivity index (χ4n) is 1.73. The van der Waals surface area contributed by atoms with Crippen LogP contribution in [0.4, 0.5) is 5.69 Å². The minimum atomic E-state index is -4.26. The molecule has 0 spiro atoms. The van der Waals surface area contributed by atoms with Gasteiger partial charge in [0.25, 0.3) is 15.7 Å². The van der Waals surface area contributed by atoms with E-state index in [0.717, 1.165) is 18.2 Å². The van der Waals surface area contributed by atoms with E-state index in [1.54, 1.807) is 0 Å². The maximum absolute atomic E-state index is 12.3. The second-order valence-electron chi connectivity index (χ2n) is 4.49. The fraction of sp³-hybridized carbons (Fsp3) is 0.0769. The summed E-state index contributed by atoms with van der Waals surface area (Å²) in [7, 11) is -4.26. The number of halogens is 2. The Kier molecular flexibility index (Phi) is 4.69. The molecule has 0 atom stereocenters. The topological polar surface area (TPSA) is 107 Å². The number of rotatable bonds is 3. The molecule has 0 unspecified atom stereocenters. The molecular formula is C13H8Cl2N2O5S. The highest BCUT2D eigenvalue weighted by atomic mass is 35.5. The van der Waals surface area contributed by atoms with Gasteiger partial charge in [0, 0.05) is 17.7 Å². The molecule has 0 saturated heterocycles. The number of carbonyl (C=O) groups excluding carboxylic acids is 1. The second-order valence-corrected chi connectivity index (χ2v) is 6.85. The maximum atomic E-state index is 12.3. The van der Waals surface area contributed by atoms with Crippen LogP contribution in [0.15, 0.2) is 55.3 Å². The summed E-state index contributed by atoms with van der Waals surface area (Å²) in [6, 6.07) is 4.42. The summed E-state index contributed by atoms with van der Waals surface area (Å²) in [5, 5.41) is 10.1. The van der Waals surface area contributed by atoms with Crippen molar-refractivity contribution in [2.75, 3.05) is 0 Å². The average Bonchev–Trinajstić information content (AvgIpc) is 2.50. The zero-order valence-electron chi connectivity index (χ0n) is 11.5. The van der Waals surface area contributed by atoms with E-state index in [4.69, 9.17) is 23.2 Å². The molecule has 120 valence electrons. The van der Waals surface area contributed by atoms with Crippen molar-refractivity contribution < 1.29 is 18.1 Å². The molecule has 7 nitrogen and oxygen atoms in total. The van der Waals surface area contributed by atoms with Crippen molar-refractivity contribution in [3.63, 3.8) is 0 Å². The third kappa shape index (κ3) is 3.49. The minimum Gasteiger partial charge on any atom is -0.288 e. The molecule has 0 fully saturated rings. The number of nitro benzene ring substituents is 1. The van der Waals surface area contributed by atoms with Crippen LogP contribution >= 0.6 is 23.2 Å². The molecule has 1 aromatic rings. The average molecular weight is 375 g/mol. The largest absolute Gasteiger partial charge is 0.288 e. The second kappa shape index (κ2) is 6.23. The number of non-ortho nitro benzene ring substituents is 1. The van der Waals surface area contributed by atoms with Crippen LogP contribution in [-0.4, -0.2) is 24.8 Å². The summed E-state index contributed by atoms with van der Waals surface area (Å²) >= 11 is 11.6. The van der Waals surface area contributed by atoms with Gasteiger partial charge < -0.3 is 0 Å². The van der Waals surface area contributed by atoms with Gasteiger partial charge in [-0.2, -0.15) is 12.8 Å². The van der Waals surface area contributed by atoms with Gasteiger partial charge in [-0.15, -0.1) is 0 Å². The van der Waals surface area contributed by atoms with Crippen molar-refractivity contribution in [2.45, 2.75) is 11.8 Å². The first-order valence-electron chi connectivity index (χ1n) is 6.01. The molecule has 0 amide bonds. The summed E-state index contributed by atoms with van der Waals surface area (Å²) in [6.07, 6.45) is 1.19. The molecule has 0 saturated carbocycles.